The molecule has 0 spiro atoms. The molecule has 0 amide bonds. The lowest BCUT2D eigenvalue weighted by molar-refractivity contribution is -0.139. The van der Waals surface area contributed by atoms with Crippen molar-refractivity contribution in [2.45, 2.75) is 69.2 Å². The van der Waals surface area contributed by atoms with Crippen LogP contribution in [0.25, 0.3) is 10.9 Å². The van der Waals surface area contributed by atoms with Crippen LogP contribution in [0, 0.1) is 0 Å². The van der Waals surface area contributed by atoms with Crippen molar-refractivity contribution in [3.8, 4) is 0 Å². The fraction of sp³-hybridized carbons (Fsp3) is 0.393. The van der Waals surface area contributed by atoms with Crippen LogP contribution in [0.5, 0.6) is 0 Å². The molecule has 1 aliphatic carbocycles. The molecule has 0 aliphatic heterocycles. The molecule has 32 heavy (non-hydrogen) atoms. The number of aromatic amines is 1. The van der Waals surface area contributed by atoms with E-state index in [2.05, 4.69) is 43.6 Å². The van der Waals surface area contributed by atoms with Gasteiger partial charge in [0.25, 0.3) is 0 Å². The van der Waals surface area contributed by atoms with E-state index in [1.807, 2.05) is 36.4 Å². The summed E-state index contributed by atoms with van der Waals surface area (Å²) in [7, 11) is 0. The van der Waals surface area contributed by atoms with Crippen molar-refractivity contribution in [1.29, 1.82) is 0 Å². The summed E-state index contributed by atoms with van der Waals surface area (Å²) in [6.45, 7) is 8.33. The van der Waals surface area contributed by atoms with E-state index in [0.29, 0.717) is 5.92 Å². The third kappa shape index (κ3) is 3.29. The van der Waals surface area contributed by atoms with Crippen molar-refractivity contribution in [3.05, 3.63) is 83.6 Å². The van der Waals surface area contributed by atoms with Crippen molar-refractivity contribution >= 4 is 16.9 Å². The van der Waals surface area contributed by atoms with Gasteiger partial charge in [-0.2, -0.15) is 0 Å². The standard InChI is InChI=1S/C28H34N2O2/c1-4-11-20-16-17-27(6-3,28(29,18-23(31)32)21-13-8-7-9-14-21)26-24(20)22-15-10-12-19(5-2)25(22)30-26/h4,7-10,12-15,20,30H,1,5-6,11,16-18,29H2,2-3H3,(H,31,32)/t20?,27-,28?/m1/s1. The molecule has 1 heterocycles. The lowest BCUT2D eigenvalue weighted by atomic mass is 9.55. The molecule has 0 radical (unpaired) electrons. The minimum atomic E-state index is -1.03. The molecule has 0 bridgehead atoms. The number of nitrogens with two attached hydrogens (primary N) is 1. The number of H-pyrrole nitrogens is 1. The Labute approximate surface area is 190 Å². The van der Waals surface area contributed by atoms with Gasteiger partial charge >= 0.3 is 5.97 Å². The van der Waals surface area contributed by atoms with Gasteiger partial charge in [-0.3, -0.25) is 4.79 Å². The lowest BCUT2D eigenvalue weighted by Gasteiger charge is -2.51. The number of carbonyl (C=O) groups is 1. The predicted octanol–water partition coefficient (Wildman–Crippen LogP) is 6.16. The highest BCUT2D eigenvalue weighted by Gasteiger charge is 2.55. The van der Waals surface area contributed by atoms with E-state index >= 15 is 0 Å². The van der Waals surface area contributed by atoms with Crippen LogP contribution in [-0.4, -0.2) is 16.1 Å². The fourth-order valence-electron chi connectivity index (χ4n) is 6.16. The summed E-state index contributed by atoms with van der Waals surface area (Å²) in [5, 5.41) is 11.2. The maximum Gasteiger partial charge on any atom is 0.305 e. The summed E-state index contributed by atoms with van der Waals surface area (Å²) < 4.78 is 0. The van der Waals surface area contributed by atoms with Crippen LogP contribution in [0.15, 0.2) is 61.2 Å². The number of carboxylic acid groups (broad SMARTS) is 1. The molecule has 0 saturated heterocycles. The molecule has 2 unspecified atom stereocenters. The van der Waals surface area contributed by atoms with E-state index in [-0.39, 0.29) is 6.42 Å². The van der Waals surface area contributed by atoms with Crippen LogP contribution in [0.2, 0.25) is 0 Å². The van der Waals surface area contributed by atoms with Gasteiger partial charge in [0.15, 0.2) is 0 Å². The number of fused-ring (bicyclic) bond motifs is 3. The highest BCUT2D eigenvalue weighted by Crippen LogP contribution is 2.56. The van der Waals surface area contributed by atoms with Crippen molar-refractivity contribution in [3.63, 3.8) is 0 Å². The van der Waals surface area contributed by atoms with Crippen LogP contribution in [0.3, 0.4) is 0 Å². The Bertz CT molecular complexity index is 1130. The number of hydrogen-bond donors (Lipinski definition) is 3. The zero-order valence-electron chi connectivity index (χ0n) is 19.2. The number of para-hydroxylation sites is 1. The molecule has 0 fully saturated rings. The van der Waals surface area contributed by atoms with E-state index in [1.165, 1.54) is 22.0 Å². The summed E-state index contributed by atoms with van der Waals surface area (Å²) in [6, 6.07) is 16.3. The molecule has 4 rings (SSSR count). The maximum atomic E-state index is 12.1. The number of aryl methyl sites for hydroxylation is 1. The summed E-state index contributed by atoms with van der Waals surface area (Å²) in [4.78, 5) is 15.9. The Morgan fingerprint density at radius 1 is 1.25 bits per heavy atom. The largest absolute Gasteiger partial charge is 0.481 e. The number of carboxylic acids is 1. The van der Waals surface area contributed by atoms with Gasteiger partial charge in [0.1, 0.15) is 0 Å². The minimum absolute atomic E-state index is 0.119. The molecule has 4 N–H and O–H groups in total. The maximum absolute atomic E-state index is 12.1. The van der Waals surface area contributed by atoms with E-state index in [1.54, 1.807) is 0 Å². The monoisotopic (exact) mass is 430 g/mol. The average molecular weight is 431 g/mol. The van der Waals surface area contributed by atoms with Crippen molar-refractivity contribution in [1.82, 2.24) is 4.98 Å². The molecule has 4 heteroatoms. The third-order valence-corrected chi connectivity index (χ3v) is 7.78. The number of rotatable bonds is 8. The van der Waals surface area contributed by atoms with Crippen LogP contribution in [0.1, 0.15) is 74.3 Å². The molecule has 3 aromatic rings. The second-order valence-corrected chi connectivity index (χ2v) is 9.21. The van der Waals surface area contributed by atoms with Crippen molar-refractivity contribution in [2.75, 3.05) is 0 Å². The third-order valence-electron chi connectivity index (χ3n) is 7.78. The van der Waals surface area contributed by atoms with Gasteiger partial charge in [-0.1, -0.05) is 68.5 Å². The second-order valence-electron chi connectivity index (χ2n) is 9.21. The van der Waals surface area contributed by atoms with Gasteiger partial charge in [0.05, 0.1) is 12.0 Å². The van der Waals surface area contributed by atoms with E-state index in [0.717, 1.165) is 43.4 Å². The number of nitrogens with one attached hydrogen (secondary N) is 1. The van der Waals surface area contributed by atoms with Crippen LogP contribution in [0.4, 0.5) is 0 Å². The summed E-state index contributed by atoms with van der Waals surface area (Å²) >= 11 is 0. The number of hydrogen-bond acceptors (Lipinski definition) is 2. The summed E-state index contributed by atoms with van der Waals surface area (Å²) in [5.41, 5.74) is 11.5. The molecule has 4 nitrogen and oxygen atoms in total. The van der Waals surface area contributed by atoms with E-state index in [4.69, 9.17) is 5.73 Å². The first-order valence-corrected chi connectivity index (χ1v) is 11.7. The van der Waals surface area contributed by atoms with E-state index in [9.17, 15) is 9.90 Å². The van der Waals surface area contributed by atoms with Gasteiger partial charge in [-0.25, -0.2) is 0 Å². The van der Waals surface area contributed by atoms with E-state index < -0.39 is 16.9 Å². The minimum Gasteiger partial charge on any atom is -0.481 e. The Morgan fingerprint density at radius 3 is 2.62 bits per heavy atom. The molecule has 1 aliphatic rings. The Balaban J connectivity index is 2.06. The fourth-order valence-corrected chi connectivity index (χ4v) is 6.16. The number of benzene rings is 2. The smallest absolute Gasteiger partial charge is 0.305 e. The first-order chi connectivity index (χ1) is 15.4. The SMILES string of the molecule is C=CCC1CC[C@@](CC)(C(N)(CC(=O)O)c2ccccc2)c2[nH]c3c(CC)cccc3c21. The number of allylic oxidation sites excluding steroid dienone is 1. The molecular weight excluding hydrogens is 396 g/mol. The van der Waals surface area contributed by atoms with Gasteiger partial charge in [-0.05, 0) is 54.7 Å². The number of aromatic nitrogens is 1. The first kappa shape index (κ1) is 22.3. The molecule has 1 aromatic heterocycles. The molecule has 3 atom stereocenters. The van der Waals surface area contributed by atoms with Gasteiger partial charge in [-0.15, -0.1) is 6.58 Å². The van der Waals surface area contributed by atoms with Gasteiger partial charge in [0, 0.05) is 22.0 Å². The topological polar surface area (TPSA) is 79.1 Å². The molecule has 0 saturated carbocycles. The first-order valence-electron chi connectivity index (χ1n) is 11.7. The zero-order chi connectivity index (χ0) is 22.9. The van der Waals surface area contributed by atoms with Crippen LogP contribution in [-0.2, 0) is 22.2 Å². The highest BCUT2D eigenvalue weighted by molar-refractivity contribution is 5.89. The number of aliphatic carboxylic acids is 1. The molecule has 168 valence electrons. The summed E-state index contributed by atoms with van der Waals surface area (Å²) in [5.74, 6) is -0.516. The highest BCUT2D eigenvalue weighted by atomic mass is 16.4. The Hall–Kier alpha value is -2.85. The normalized spacial score (nSPS) is 22.3. The predicted molar refractivity (Wildman–Crippen MR) is 131 cm³/mol. The second kappa shape index (κ2) is 8.59. The molecule has 2 aromatic carbocycles. The quantitative estimate of drug-likeness (QED) is 0.374. The zero-order valence-corrected chi connectivity index (χ0v) is 19.2. The molecular formula is C28H34N2O2. The summed E-state index contributed by atoms with van der Waals surface area (Å²) in [6.07, 6.45) is 6.27. The Morgan fingerprint density at radius 2 is 2.00 bits per heavy atom. The lowest BCUT2D eigenvalue weighted by Crippen LogP contribution is -2.58. The van der Waals surface area contributed by atoms with Crippen LogP contribution >= 0.6 is 0 Å². The average Bonchev–Trinajstić information content (AvgIpc) is 3.20. The Kier molecular flexibility index (Phi) is 6.00. The van der Waals surface area contributed by atoms with Crippen molar-refractivity contribution in [2.24, 2.45) is 5.73 Å². The van der Waals surface area contributed by atoms with Crippen LogP contribution < -0.4 is 5.73 Å². The van der Waals surface area contributed by atoms with Crippen molar-refractivity contribution < 1.29 is 9.90 Å². The van der Waals surface area contributed by atoms with Gasteiger partial charge < -0.3 is 15.8 Å². The van der Waals surface area contributed by atoms with Gasteiger partial charge in [0.2, 0.25) is 0 Å².